The molecule has 0 amide bonds. The molecule has 0 saturated heterocycles. The van der Waals surface area contributed by atoms with Crippen LogP contribution in [0.4, 0.5) is 0 Å². The van der Waals surface area contributed by atoms with E-state index < -0.39 is 0 Å². The molecule has 2 atom stereocenters. The number of thiazole rings is 1. The summed E-state index contributed by atoms with van der Waals surface area (Å²) in [5.74, 6) is 0. The van der Waals surface area contributed by atoms with Gasteiger partial charge in [-0.2, -0.15) is 0 Å². The second-order valence-corrected chi connectivity index (χ2v) is 4.21. The average molecular weight is 214 g/mol. The van der Waals surface area contributed by atoms with Gasteiger partial charge in [0.1, 0.15) is 0 Å². The molecule has 1 aromatic rings. The van der Waals surface area contributed by atoms with Crippen molar-refractivity contribution in [2.24, 2.45) is 0 Å². The first-order valence-electron chi connectivity index (χ1n) is 4.92. The van der Waals surface area contributed by atoms with Gasteiger partial charge < -0.3 is 10.1 Å². The Hall–Kier alpha value is -0.450. The predicted molar refractivity (Wildman–Crippen MR) is 59.8 cm³/mol. The fourth-order valence-electron chi connectivity index (χ4n) is 1.37. The third-order valence-electron chi connectivity index (χ3n) is 2.28. The molecule has 4 heteroatoms. The molecular weight excluding hydrogens is 196 g/mol. The highest BCUT2D eigenvalue weighted by Crippen LogP contribution is 2.10. The molecule has 0 bridgehead atoms. The topological polar surface area (TPSA) is 34.2 Å². The number of nitrogens with one attached hydrogen (secondary N) is 1. The summed E-state index contributed by atoms with van der Waals surface area (Å²) >= 11 is 1.70. The molecular formula is C10H18N2OS. The molecule has 14 heavy (non-hydrogen) atoms. The van der Waals surface area contributed by atoms with Crippen molar-refractivity contribution >= 4 is 11.3 Å². The van der Waals surface area contributed by atoms with E-state index in [0.717, 1.165) is 13.0 Å². The number of likely N-dealkylation sites (N-methyl/N-ethyl adjacent to an activating group) is 1. The quantitative estimate of drug-likeness (QED) is 0.782. The van der Waals surface area contributed by atoms with Crippen molar-refractivity contribution in [3.05, 3.63) is 16.6 Å². The third kappa shape index (κ3) is 3.36. The standard InChI is InChI=1S/C10H18N2OS/c1-4-11-9(8(2)13-3)7-10-12-5-6-14-10/h5-6,8-9,11H,4,7H2,1-3H3. The van der Waals surface area contributed by atoms with Gasteiger partial charge in [0.2, 0.25) is 0 Å². The molecule has 80 valence electrons. The Balaban J connectivity index is 2.50. The van der Waals surface area contributed by atoms with Gasteiger partial charge in [0.05, 0.1) is 11.1 Å². The van der Waals surface area contributed by atoms with E-state index in [0.29, 0.717) is 6.04 Å². The summed E-state index contributed by atoms with van der Waals surface area (Å²) in [4.78, 5) is 4.28. The number of hydrogen-bond acceptors (Lipinski definition) is 4. The lowest BCUT2D eigenvalue weighted by molar-refractivity contribution is 0.0836. The first-order valence-corrected chi connectivity index (χ1v) is 5.80. The molecule has 0 aliphatic heterocycles. The Labute approximate surface area is 89.5 Å². The van der Waals surface area contributed by atoms with Crippen LogP contribution in [0.2, 0.25) is 0 Å². The molecule has 1 rings (SSSR count). The second kappa shape index (κ2) is 6.11. The van der Waals surface area contributed by atoms with Crippen LogP contribution >= 0.6 is 11.3 Å². The first kappa shape index (κ1) is 11.6. The fourth-order valence-corrected chi connectivity index (χ4v) is 2.05. The van der Waals surface area contributed by atoms with Crippen LogP contribution in [0.25, 0.3) is 0 Å². The summed E-state index contributed by atoms with van der Waals surface area (Å²) in [6.07, 6.45) is 3.01. The van der Waals surface area contributed by atoms with Crippen LogP contribution in [-0.2, 0) is 11.2 Å². The third-order valence-corrected chi connectivity index (χ3v) is 3.08. The normalized spacial score (nSPS) is 15.4. The van der Waals surface area contributed by atoms with Crippen molar-refractivity contribution in [1.29, 1.82) is 0 Å². The van der Waals surface area contributed by atoms with Crippen LogP contribution in [0.1, 0.15) is 18.9 Å². The van der Waals surface area contributed by atoms with E-state index >= 15 is 0 Å². The summed E-state index contributed by atoms with van der Waals surface area (Å²) in [6, 6.07) is 0.358. The zero-order valence-electron chi connectivity index (χ0n) is 8.99. The molecule has 3 nitrogen and oxygen atoms in total. The van der Waals surface area contributed by atoms with Gasteiger partial charge >= 0.3 is 0 Å². The second-order valence-electron chi connectivity index (χ2n) is 3.23. The zero-order chi connectivity index (χ0) is 10.4. The minimum absolute atomic E-state index is 0.221. The van der Waals surface area contributed by atoms with Crippen molar-refractivity contribution in [2.75, 3.05) is 13.7 Å². The molecule has 0 radical (unpaired) electrons. The Morgan fingerprint density at radius 1 is 1.64 bits per heavy atom. The maximum absolute atomic E-state index is 5.33. The first-order chi connectivity index (χ1) is 6.77. The summed E-state index contributed by atoms with van der Waals surface area (Å²) in [5.41, 5.74) is 0. The van der Waals surface area contributed by atoms with Gasteiger partial charge in [0.25, 0.3) is 0 Å². The number of aromatic nitrogens is 1. The van der Waals surface area contributed by atoms with E-state index in [9.17, 15) is 0 Å². The van der Waals surface area contributed by atoms with Gasteiger partial charge in [0, 0.05) is 31.1 Å². The molecule has 1 aromatic heterocycles. The molecule has 0 aliphatic carbocycles. The monoisotopic (exact) mass is 214 g/mol. The molecule has 0 aromatic carbocycles. The molecule has 1 N–H and O–H groups in total. The van der Waals surface area contributed by atoms with Crippen molar-refractivity contribution in [2.45, 2.75) is 32.4 Å². The molecule has 0 saturated carbocycles. The van der Waals surface area contributed by atoms with E-state index in [-0.39, 0.29) is 6.10 Å². The maximum atomic E-state index is 5.33. The Bertz CT molecular complexity index is 238. The number of methoxy groups -OCH3 is 1. The molecule has 2 unspecified atom stereocenters. The van der Waals surface area contributed by atoms with Gasteiger partial charge in [-0.1, -0.05) is 6.92 Å². The van der Waals surface area contributed by atoms with Crippen molar-refractivity contribution < 1.29 is 4.74 Å². The summed E-state index contributed by atoms with van der Waals surface area (Å²) < 4.78 is 5.33. The highest BCUT2D eigenvalue weighted by atomic mass is 32.1. The number of hydrogen-bond donors (Lipinski definition) is 1. The highest BCUT2D eigenvalue weighted by Gasteiger charge is 2.16. The van der Waals surface area contributed by atoms with Gasteiger partial charge in [0.15, 0.2) is 0 Å². The van der Waals surface area contributed by atoms with E-state index in [2.05, 4.69) is 24.1 Å². The molecule has 0 aliphatic rings. The van der Waals surface area contributed by atoms with E-state index in [4.69, 9.17) is 4.74 Å². The Kier molecular flexibility index (Phi) is 5.07. The summed E-state index contributed by atoms with van der Waals surface area (Å²) in [5, 5.41) is 6.59. The van der Waals surface area contributed by atoms with Crippen molar-refractivity contribution in [3.8, 4) is 0 Å². The summed E-state index contributed by atoms with van der Waals surface area (Å²) in [6.45, 7) is 5.15. The lowest BCUT2D eigenvalue weighted by atomic mass is 10.1. The van der Waals surface area contributed by atoms with Crippen LogP contribution in [0.3, 0.4) is 0 Å². The largest absolute Gasteiger partial charge is 0.380 e. The van der Waals surface area contributed by atoms with Crippen molar-refractivity contribution in [1.82, 2.24) is 10.3 Å². The molecule has 1 heterocycles. The van der Waals surface area contributed by atoms with Gasteiger partial charge in [-0.3, -0.25) is 0 Å². The van der Waals surface area contributed by atoms with E-state index in [1.54, 1.807) is 18.4 Å². The minimum atomic E-state index is 0.221. The fraction of sp³-hybridized carbons (Fsp3) is 0.700. The minimum Gasteiger partial charge on any atom is -0.380 e. The summed E-state index contributed by atoms with van der Waals surface area (Å²) in [7, 11) is 1.75. The zero-order valence-corrected chi connectivity index (χ0v) is 9.80. The number of rotatable bonds is 6. The van der Waals surface area contributed by atoms with Crippen LogP contribution in [-0.4, -0.2) is 30.8 Å². The van der Waals surface area contributed by atoms with E-state index in [1.807, 2.05) is 11.6 Å². The van der Waals surface area contributed by atoms with Gasteiger partial charge in [-0.15, -0.1) is 11.3 Å². The van der Waals surface area contributed by atoms with Crippen molar-refractivity contribution in [3.63, 3.8) is 0 Å². The Morgan fingerprint density at radius 2 is 2.43 bits per heavy atom. The number of ether oxygens (including phenoxy) is 1. The van der Waals surface area contributed by atoms with Crippen LogP contribution in [0, 0.1) is 0 Å². The maximum Gasteiger partial charge on any atom is 0.0941 e. The molecule has 0 fully saturated rings. The average Bonchev–Trinajstić information content (AvgIpc) is 2.68. The van der Waals surface area contributed by atoms with Crippen LogP contribution in [0.15, 0.2) is 11.6 Å². The Morgan fingerprint density at radius 3 is 2.93 bits per heavy atom. The smallest absolute Gasteiger partial charge is 0.0941 e. The van der Waals surface area contributed by atoms with Gasteiger partial charge in [-0.05, 0) is 13.5 Å². The molecule has 0 spiro atoms. The van der Waals surface area contributed by atoms with Crippen LogP contribution in [0.5, 0.6) is 0 Å². The van der Waals surface area contributed by atoms with E-state index in [1.165, 1.54) is 5.01 Å². The predicted octanol–water partition coefficient (Wildman–Crippen LogP) is 1.70. The number of nitrogens with zero attached hydrogens (tertiary/aromatic N) is 1. The lowest BCUT2D eigenvalue weighted by Gasteiger charge is -2.22. The van der Waals surface area contributed by atoms with Crippen LogP contribution < -0.4 is 5.32 Å². The SMILES string of the molecule is CCNC(Cc1nccs1)C(C)OC. The lowest BCUT2D eigenvalue weighted by Crippen LogP contribution is -2.40. The van der Waals surface area contributed by atoms with Gasteiger partial charge in [-0.25, -0.2) is 4.98 Å². The highest BCUT2D eigenvalue weighted by molar-refractivity contribution is 7.09.